The second-order valence-electron chi connectivity index (χ2n) is 6.70. The molecule has 0 saturated carbocycles. The summed E-state index contributed by atoms with van der Waals surface area (Å²) in [4.78, 5) is 14.0. The van der Waals surface area contributed by atoms with Crippen molar-refractivity contribution in [2.75, 3.05) is 6.54 Å². The van der Waals surface area contributed by atoms with Gasteiger partial charge in [0, 0.05) is 11.4 Å². The monoisotopic (exact) mass is 340 g/mol. The molecule has 4 heteroatoms. The molecule has 0 aliphatic heterocycles. The van der Waals surface area contributed by atoms with Gasteiger partial charge in [0.15, 0.2) is 0 Å². The molecular weight excluding hydrogens is 316 g/mol. The van der Waals surface area contributed by atoms with Crippen LogP contribution in [0, 0.1) is 12.8 Å². The zero-order chi connectivity index (χ0) is 17.3. The third-order valence-electron chi connectivity index (χ3n) is 4.22. The summed E-state index contributed by atoms with van der Waals surface area (Å²) in [7, 11) is 0. The van der Waals surface area contributed by atoms with Gasteiger partial charge in [-0.15, -0.1) is 11.3 Å². The number of carbonyl (C=O) groups excluding carboxylic acids is 1. The van der Waals surface area contributed by atoms with Gasteiger partial charge >= 0.3 is 0 Å². The highest BCUT2D eigenvalue weighted by atomic mass is 32.1. The number of hydrogen-bond acceptors (Lipinski definition) is 2. The molecule has 3 aromatic rings. The summed E-state index contributed by atoms with van der Waals surface area (Å²) in [5.74, 6) is 0.444. The van der Waals surface area contributed by atoms with E-state index in [-0.39, 0.29) is 11.9 Å². The maximum atomic E-state index is 12.7. The SMILES string of the molecule is Cc1cc2c(cc(C(=O)NCC(C)C)n2[C@@H](C)c2ccccc2)s1. The number of aromatic nitrogens is 1. The Morgan fingerprint density at radius 2 is 1.88 bits per heavy atom. The lowest BCUT2D eigenvalue weighted by molar-refractivity contribution is 0.0939. The quantitative estimate of drug-likeness (QED) is 0.696. The van der Waals surface area contributed by atoms with Crippen molar-refractivity contribution in [3.63, 3.8) is 0 Å². The van der Waals surface area contributed by atoms with Crippen molar-refractivity contribution in [3.8, 4) is 0 Å². The molecule has 0 unspecified atom stereocenters. The van der Waals surface area contributed by atoms with Gasteiger partial charge in [-0.1, -0.05) is 44.2 Å². The highest BCUT2D eigenvalue weighted by Crippen LogP contribution is 2.33. The minimum Gasteiger partial charge on any atom is -0.351 e. The molecule has 0 saturated heterocycles. The molecule has 1 atom stereocenters. The summed E-state index contributed by atoms with van der Waals surface area (Å²) in [6.45, 7) is 9.17. The van der Waals surface area contributed by atoms with Crippen LogP contribution in [0.4, 0.5) is 0 Å². The Balaban J connectivity index is 2.06. The molecule has 1 amide bonds. The fraction of sp³-hybridized carbons (Fsp3) is 0.350. The molecular formula is C20H24N2OS. The van der Waals surface area contributed by atoms with Gasteiger partial charge in [0.05, 0.1) is 16.3 Å². The first-order chi connectivity index (χ1) is 11.5. The van der Waals surface area contributed by atoms with Crippen LogP contribution in [0.25, 0.3) is 10.2 Å². The Labute approximate surface area is 147 Å². The van der Waals surface area contributed by atoms with Crippen molar-refractivity contribution < 1.29 is 4.79 Å². The molecule has 0 spiro atoms. The third-order valence-corrected chi connectivity index (χ3v) is 5.21. The summed E-state index contributed by atoms with van der Waals surface area (Å²) in [5, 5.41) is 3.06. The first-order valence-electron chi connectivity index (χ1n) is 8.42. The van der Waals surface area contributed by atoms with E-state index in [0.29, 0.717) is 12.5 Å². The van der Waals surface area contributed by atoms with Crippen LogP contribution in [0.3, 0.4) is 0 Å². The van der Waals surface area contributed by atoms with E-state index in [0.717, 1.165) is 11.2 Å². The predicted molar refractivity (Wildman–Crippen MR) is 102 cm³/mol. The van der Waals surface area contributed by atoms with Gasteiger partial charge in [-0.3, -0.25) is 4.79 Å². The van der Waals surface area contributed by atoms with Crippen LogP contribution in [-0.4, -0.2) is 17.0 Å². The minimum atomic E-state index is 0.00698. The van der Waals surface area contributed by atoms with Crippen LogP contribution >= 0.6 is 11.3 Å². The van der Waals surface area contributed by atoms with Crippen molar-refractivity contribution in [2.24, 2.45) is 5.92 Å². The number of nitrogens with zero attached hydrogens (tertiary/aromatic N) is 1. The average molecular weight is 340 g/mol. The van der Waals surface area contributed by atoms with Gasteiger partial charge in [-0.2, -0.15) is 0 Å². The molecule has 0 aliphatic rings. The molecule has 24 heavy (non-hydrogen) atoms. The lowest BCUT2D eigenvalue weighted by atomic mass is 10.1. The molecule has 0 radical (unpaired) electrons. The maximum Gasteiger partial charge on any atom is 0.268 e. The number of amides is 1. The van der Waals surface area contributed by atoms with Crippen molar-refractivity contribution in [1.29, 1.82) is 0 Å². The van der Waals surface area contributed by atoms with Gasteiger partial charge in [0.2, 0.25) is 0 Å². The van der Waals surface area contributed by atoms with E-state index in [1.54, 1.807) is 11.3 Å². The summed E-state index contributed by atoms with van der Waals surface area (Å²) in [6.07, 6.45) is 0. The standard InChI is InChI=1S/C20H24N2OS/c1-13(2)12-21-20(23)18-11-19-17(10-14(3)24-19)22(18)15(4)16-8-6-5-7-9-16/h5-11,13,15H,12H2,1-4H3,(H,21,23)/t15-/m0/s1. The number of aryl methyl sites for hydroxylation is 1. The summed E-state index contributed by atoms with van der Waals surface area (Å²) < 4.78 is 3.34. The van der Waals surface area contributed by atoms with Gasteiger partial charge in [0.25, 0.3) is 5.91 Å². The number of benzene rings is 1. The first-order valence-corrected chi connectivity index (χ1v) is 9.23. The zero-order valence-corrected chi connectivity index (χ0v) is 15.5. The number of fused-ring (bicyclic) bond motifs is 1. The largest absolute Gasteiger partial charge is 0.351 e. The maximum absolute atomic E-state index is 12.7. The Hall–Kier alpha value is -2.07. The minimum absolute atomic E-state index is 0.00698. The van der Waals surface area contributed by atoms with Crippen LogP contribution in [0.5, 0.6) is 0 Å². The Morgan fingerprint density at radius 1 is 1.17 bits per heavy atom. The van der Waals surface area contributed by atoms with Gasteiger partial charge in [0.1, 0.15) is 5.69 Å². The molecule has 2 aromatic heterocycles. The molecule has 126 valence electrons. The Kier molecular flexibility index (Phi) is 4.76. The second kappa shape index (κ2) is 6.81. The Morgan fingerprint density at radius 3 is 2.54 bits per heavy atom. The van der Waals surface area contributed by atoms with Crippen LogP contribution in [-0.2, 0) is 0 Å². The lowest BCUT2D eigenvalue weighted by Crippen LogP contribution is -2.29. The van der Waals surface area contributed by atoms with Crippen molar-refractivity contribution in [3.05, 3.63) is 58.6 Å². The van der Waals surface area contributed by atoms with Crippen LogP contribution in [0.2, 0.25) is 0 Å². The highest BCUT2D eigenvalue weighted by Gasteiger charge is 2.21. The van der Waals surface area contributed by atoms with E-state index in [9.17, 15) is 4.79 Å². The van der Waals surface area contributed by atoms with Crippen LogP contribution in [0.1, 0.15) is 47.7 Å². The molecule has 3 rings (SSSR count). The molecule has 2 heterocycles. The predicted octanol–water partition coefficient (Wildman–Crippen LogP) is 5.01. The summed E-state index contributed by atoms with van der Waals surface area (Å²) in [5.41, 5.74) is 3.09. The fourth-order valence-corrected chi connectivity index (χ4v) is 3.94. The first kappa shape index (κ1) is 16.8. The van der Waals surface area contributed by atoms with E-state index in [1.165, 1.54) is 15.1 Å². The van der Waals surface area contributed by atoms with Gasteiger partial charge < -0.3 is 9.88 Å². The molecule has 0 aliphatic carbocycles. The van der Waals surface area contributed by atoms with Crippen molar-refractivity contribution in [2.45, 2.75) is 33.7 Å². The fourth-order valence-electron chi connectivity index (χ4n) is 2.99. The van der Waals surface area contributed by atoms with E-state index < -0.39 is 0 Å². The van der Waals surface area contributed by atoms with Gasteiger partial charge in [-0.25, -0.2) is 0 Å². The molecule has 1 N–H and O–H groups in total. The van der Waals surface area contributed by atoms with Crippen LogP contribution < -0.4 is 5.32 Å². The van der Waals surface area contributed by atoms with Gasteiger partial charge in [-0.05, 0) is 37.5 Å². The number of carbonyl (C=O) groups is 1. The second-order valence-corrected chi connectivity index (χ2v) is 7.98. The zero-order valence-electron chi connectivity index (χ0n) is 14.7. The van der Waals surface area contributed by atoms with Crippen LogP contribution in [0.15, 0.2) is 42.5 Å². The lowest BCUT2D eigenvalue weighted by Gasteiger charge is -2.19. The number of thiophene rings is 1. The molecule has 1 aromatic carbocycles. The Bertz CT molecular complexity index is 845. The number of rotatable bonds is 5. The third kappa shape index (κ3) is 3.24. The topological polar surface area (TPSA) is 34.0 Å². The molecule has 0 fully saturated rings. The van der Waals surface area contributed by atoms with Crippen molar-refractivity contribution in [1.82, 2.24) is 9.88 Å². The average Bonchev–Trinajstić information content (AvgIpc) is 3.08. The van der Waals surface area contributed by atoms with E-state index in [1.807, 2.05) is 24.3 Å². The van der Waals surface area contributed by atoms with E-state index in [2.05, 4.69) is 55.8 Å². The summed E-state index contributed by atoms with van der Waals surface area (Å²) >= 11 is 1.74. The molecule has 0 bridgehead atoms. The smallest absolute Gasteiger partial charge is 0.268 e. The molecule has 3 nitrogen and oxygen atoms in total. The van der Waals surface area contributed by atoms with E-state index in [4.69, 9.17) is 0 Å². The summed E-state index contributed by atoms with van der Waals surface area (Å²) in [6, 6.07) is 14.7. The number of hydrogen-bond donors (Lipinski definition) is 1. The van der Waals surface area contributed by atoms with Crippen molar-refractivity contribution >= 4 is 27.5 Å². The highest BCUT2D eigenvalue weighted by molar-refractivity contribution is 7.19. The number of nitrogens with one attached hydrogen (secondary N) is 1. The normalized spacial score (nSPS) is 12.7. The van der Waals surface area contributed by atoms with E-state index >= 15 is 0 Å².